The Morgan fingerprint density at radius 3 is 1.50 bits per heavy atom. The molecule has 0 spiro atoms. The zero-order valence-corrected chi connectivity index (χ0v) is 36.0. The fourth-order valence-corrected chi connectivity index (χ4v) is 11.2. The summed E-state index contributed by atoms with van der Waals surface area (Å²) in [4.78, 5) is 2.47. The third-order valence-electron chi connectivity index (χ3n) is 14.0. The van der Waals surface area contributed by atoms with Crippen LogP contribution in [0.1, 0.15) is 0 Å². The van der Waals surface area contributed by atoms with E-state index < -0.39 is 0 Å². The number of rotatable bonds is 6. The molecule has 0 unspecified atom stereocenters. The van der Waals surface area contributed by atoms with E-state index in [9.17, 15) is 0 Å². The Balaban J connectivity index is 1.03. The predicted molar refractivity (Wildman–Crippen MR) is 283 cm³/mol. The number of benzene rings is 12. The van der Waals surface area contributed by atoms with Crippen molar-refractivity contribution in [2.75, 3.05) is 4.90 Å². The molecule has 0 aliphatic carbocycles. The molecule has 0 fully saturated rings. The van der Waals surface area contributed by atoms with E-state index in [-0.39, 0.29) is 0 Å². The molecule has 0 radical (unpaired) electrons. The maximum absolute atomic E-state index is 2.47. The molecule has 66 heavy (non-hydrogen) atoms. The normalized spacial score (nSPS) is 11.9. The van der Waals surface area contributed by atoms with Gasteiger partial charge in [-0.1, -0.05) is 188 Å². The summed E-state index contributed by atoms with van der Waals surface area (Å²) in [5.41, 5.74) is 11.6. The number of hydrogen-bond donors (Lipinski definition) is 0. The molecular formula is C64H40N2. The first-order valence-corrected chi connectivity index (χ1v) is 22.8. The monoisotopic (exact) mass is 836 g/mol. The van der Waals surface area contributed by atoms with Gasteiger partial charge < -0.3 is 9.47 Å². The average molecular weight is 837 g/mol. The maximum atomic E-state index is 2.47. The Kier molecular flexibility index (Phi) is 8.02. The van der Waals surface area contributed by atoms with Crippen LogP contribution in [-0.4, -0.2) is 4.57 Å². The van der Waals surface area contributed by atoms with Crippen molar-refractivity contribution in [3.63, 3.8) is 0 Å². The second-order valence-electron chi connectivity index (χ2n) is 17.6. The second kappa shape index (κ2) is 14.4. The van der Waals surface area contributed by atoms with Crippen LogP contribution in [0.2, 0.25) is 0 Å². The summed E-state index contributed by atoms with van der Waals surface area (Å²) < 4.78 is 2.40. The molecule has 0 bridgehead atoms. The van der Waals surface area contributed by atoms with E-state index in [1.165, 1.54) is 109 Å². The van der Waals surface area contributed by atoms with Crippen molar-refractivity contribution in [2.24, 2.45) is 0 Å². The van der Waals surface area contributed by atoms with Crippen molar-refractivity contribution in [2.45, 2.75) is 0 Å². The Morgan fingerprint density at radius 1 is 0.273 bits per heavy atom. The molecule has 0 N–H and O–H groups in total. The van der Waals surface area contributed by atoms with Gasteiger partial charge in [-0.05, 0) is 136 Å². The minimum atomic E-state index is 1.09. The van der Waals surface area contributed by atoms with Gasteiger partial charge in [0.1, 0.15) is 0 Å². The highest BCUT2D eigenvalue weighted by molar-refractivity contribution is 6.37. The van der Waals surface area contributed by atoms with E-state index in [2.05, 4.69) is 252 Å². The number of hydrogen-bond acceptors (Lipinski definition) is 1. The molecule has 14 rings (SSSR count). The largest absolute Gasteiger partial charge is 0.310 e. The van der Waals surface area contributed by atoms with Crippen molar-refractivity contribution < 1.29 is 0 Å². The first-order chi connectivity index (χ1) is 32.7. The lowest BCUT2D eigenvalue weighted by Gasteiger charge is -2.29. The summed E-state index contributed by atoms with van der Waals surface area (Å²) in [6, 6.07) is 89.8. The van der Waals surface area contributed by atoms with Gasteiger partial charge in [-0.25, -0.2) is 0 Å². The molecule has 306 valence electrons. The zero-order chi connectivity index (χ0) is 43.3. The summed E-state index contributed by atoms with van der Waals surface area (Å²) in [6.07, 6.45) is 0. The molecule has 1 heterocycles. The summed E-state index contributed by atoms with van der Waals surface area (Å²) in [5.74, 6) is 0. The Bertz CT molecular complexity index is 4200. The number of aromatic nitrogens is 1. The van der Waals surface area contributed by atoms with Crippen LogP contribution in [-0.2, 0) is 0 Å². The molecule has 0 atom stereocenters. The van der Waals surface area contributed by atoms with E-state index >= 15 is 0 Å². The van der Waals surface area contributed by atoms with E-state index in [1.54, 1.807) is 0 Å². The topological polar surface area (TPSA) is 8.17 Å². The quantitative estimate of drug-likeness (QED) is 0.152. The van der Waals surface area contributed by atoms with E-state index in [4.69, 9.17) is 0 Å². The average Bonchev–Trinajstić information content (AvgIpc) is 3.72. The van der Waals surface area contributed by atoms with Crippen LogP contribution in [0, 0.1) is 0 Å². The number of nitrogens with zero attached hydrogens (tertiary/aromatic N) is 2. The number of fused-ring (bicyclic) bond motifs is 5. The fraction of sp³-hybridized carbons (Fsp3) is 0. The summed E-state index contributed by atoms with van der Waals surface area (Å²) in [6.45, 7) is 0. The van der Waals surface area contributed by atoms with Crippen molar-refractivity contribution >= 4 is 104 Å². The van der Waals surface area contributed by atoms with Gasteiger partial charge in [0.25, 0.3) is 0 Å². The maximum Gasteiger partial charge on any atom is 0.0547 e. The number of anilines is 3. The highest BCUT2D eigenvalue weighted by Crippen LogP contribution is 2.48. The number of para-hydroxylation sites is 3. The molecule has 0 amide bonds. The molecular weight excluding hydrogens is 797 g/mol. The van der Waals surface area contributed by atoms with Gasteiger partial charge in [-0.15, -0.1) is 0 Å². The SMILES string of the molecule is c1ccc(-c2ccccc2N(c2ccc(-c3ccc4c5ccccc5n(-c5ccccc5)c4c3)cc2)c2cc3ccc4cccc5c6cccc7ccc8cccc(c(c2)c3c45)c8c76)cc1. The lowest BCUT2D eigenvalue weighted by atomic mass is 9.87. The van der Waals surface area contributed by atoms with Crippen LogP contribution in [0.5, 0.6) is 0 Å². The lowest BCUT2D eigenvalue weighted by molar-refractivity contribution is 1.18. The Labute approximate surface area is 381 Å². The van der Waals surface area contributed by atoms with Gasteiger partial charge in [0.15, 0.2) is 0 Å². The third-order valence-corrected chi connectivity index (χ3v) is 14.0. The summed E-state index contributed by atoms with van der Waals surface area (Å²) >= 11 is 0. The predicted octanol–water partition coefficient (Wildman–Crippen LogP) is 17.9. The molecule has 2 heteroatoms. The summed E-state index contributed by atoms with van der Waals surface area (Å²) in [5, 5.41) is 17.8. The molecule has 14 aromatic rings. The van der Waals surface area contributed by atoms with E-state index in [0.717, 1.165) is 22.7 Å². The van der Waals surface area contributed by atoms with Gasteiger partial charge in [-0.2, -0.15) is 0 Å². The highest BCUT2D eigenvalue weighted by Gasteiger charge is 2.22. The minimum Gasteiger partial charge on any atom is -0.310 e. The minimum absolute atomic E-state index is 1.09. The van der Waals surface area contributed by atoms with Crippen molar-refractivity contribution in [3.8, 4) is 27.9 Å². The molecule has 0 aliphatic rings. The first kappa shape index (κ1) is 36.7. The second-order valence-corrected chi connectivity index (χ2v) is 17.6. The van der Waals surface area contributed by atoms with Gasteiger partial charge in [0.2, 0.25) is 0 Å². The van der Waals surface area contributed by atoms with Gasteiger partial charge in [-0.3, -0.25) is 0 Å². The third kappa shape index (κ3) is 5.49. The van der Waals surface area contributed by atoms with Crippen molar-refractivity contribution in [3.05, 3.63) is 243 Å². The molecule has 2 nitrogen and oxygen atoms in total. The molecule has 13 aromatic carbocycles. The smallest absolute Gasteiger partial charge is 0.0547 e. The van der Waals surface area contributed by atoms with Crippen LogP contribution in [0.3, 0.4) is 0 Å². The van der Waals surface area contributed by atoms with Gasteiger partial charge in [0.05, 0.1) is 16.7 Å². The Hall–Kier alpha value is -8.72. The van der Waals surface area contributed by atoms with Crippen LogP contribution >= 0.6 is 0 Å². The lowest BCUT2D eigenvalue weighted by Crippen LogP contribution is -2.11. The fourth-order valence-electron chi connectivity index (χ4n) is 11.2. The van der Waals surface area contributed by atoms with Gasteiger partial charge >= 0.3 is 0 Å². The van der Waals surface area contributed by atoms with Crippen LogP contribution in [0.15, 0.2) is 243 Å². The van der Waals surface area contributed by atoms with E-state index in [0.29, 0.717) is 0 Å². The Morgan fingerprint density at radius 2 is 0.803 bits per heavy atom. The van der Waals surface area contributed by atoms with Crippen molar-refractivity contribution in [1.82, 2.24) is 4.57 Å². The van der Waals surface area contributed by atoms with E-state index in [1.807, 2.05) is 0 Å². The van der Waals surface area contributed by atoms with Gasteiger partial charge in [0, 0.05) is 33.4 Å². The first-order valence-electron chi connectivity index (χ1n) is 22.8. The molecule has 0 saturated heterocycles. The highest BCUT2D eigenvalue weighted by atomic mass is 15.1. The summed E-state index contributed by atoms with van der Waals surface area (Å²) in [7, 11) is 0. The molecule has 0 aliphatic heterocycles. The zero-order valence-electron chi connectivity index (χ0n) is 36.0. The standard InChI is InChI=1S/C64H40N2/c1-3-14-42(15-4-1)51-21-7-9-26-58(51)65(49-35-32-41(33-36-49)46-34-37-53-52-22-8-10-27-59(52)66(60(53)39-46)48-19-5-2-6-20-48)50-38-47-31-30-45-17-12-24-55-54-23-11-16-43-28-29-44-18-13-25-56(63(44)61(43)54)57(40-50)64(47)62(45)55/h1-40H. The van der Waals surface area contributed by atoms with Crippen molar-refractivity contribution in [1.29, 1.82) is 0 Å². The van der Waals surface area contributed by atoms with Crippen LogP contribution in [0.4, 0.5) is 17.1 Å². The van der Waals surface area contributed by atoms with Crippen LogP contribution < -0.4 is 4.90 Å². The van der Waals surface area contributed by atoms with Crippen LogP contribution in [0.25, 0.3) is 114 Å². The molecule has 0 saturated carbocycles. The molecule has 1 aromatic heterocycles.